The molecule has 0 aliphatic carbocycles. The summed E-state index contributed by atoms with van der Waals surface area (Å²) in [4.78, 5) is 14.0. The average Bonchev–Trinajstić information content (AvgIpc) is 2.56. The van der Waals surface area contributed by atoms with Crippen molar-refractivity contribution in [1.82, 2.24) is 4.90 Å². The predicted octanol–water partition coefficient (Wildman–Crippen LogP) is 2.04. The quantitative estimate of drug-likeness (QED) is 0.672. The zero-order valence-electron chi connectivity index (χ0n) is 12.1. The highest BCUT2D eigenvalue weighted by atomic mass is 16.5. The molecule has 0 bridgehead atoms. The van der Waals surface area contributed by atoms with E-state index in [1.54, 1.807) is 6.07 Å². The summed E-state index contributed by atoms with van der Waals surface area (Å²) in [5.74, 6) is -0.272. The van der Waals surface area contributed by atoms with Crippen molar-refractivity contribution in [3.8, 4) is 0 Å². The van der Waals surface area contributed by atoms with E-state index in [4.69, 9.17) is 10.1 Å². The number of carbonyl (C=O) groups excluding carboxylic acids is 1. The molecule has 5 heteroatoms. The summed E-state index contributed by atoms with van der Waals surface area (Å²) >= 11 is 0. The molecule has 0 unspecified atom stereocenters. The first kappa shape index (κ1) is 14.7. The Morgan fingerprint density at radius 3 is 2.77 bits per heavy atom. The lowest BCUT2D eigenvalue weighted by Gasteiger charge is -2.34. The molecule has 22 heavy (non-hydrogen) atoms. The summed E-state index contributed by atoms with van der Waals surface area (Å²) < 4.78 is 5.19. The van der Waals surface area contributed by atoms with E-state index >= 15 is 0 Å². The summed E-state index contributed by atoms with van der Waals surface area (Å²) in [6.07, 6.45) is 0.756. The fourth-order valence-corrected chi connectivity index (χ4v) is 2.81. The van der Waals surface area contributed by atoms with Crippen LogP contribution in [0.2, 0.25) is 0 Å². The zero-order valence-corrected chi connectivity index (χ0v) is 12.1. The van der Waals surface area contributed by atoms with Crippen LogP contribution < -0.4 is 0 Å². The molecule has 1 aliphatic rings. The number of rotatable bonds is 3. The number of ether oxygens (including phenoxy) is 1. The smallest absolute Gasteiger partial charge is 0.259 e. The Labute approximate surface area is 128 Å². The summed E-state index contributed by atoms with van der Waals surface area (Å²) in [6.45, 7) is 0.678. The highest BCUT2D eigenvalue weighted by Gasteiger charge is 2.32. The van der Waals surface area contributed by atoms with Crippen molar-refractivity contribution in [3.05, 3.63) is 48.0 Å². The zero-order chi connectivity index (χ0) is 15.5. The van der Waals surface area contributed by atoms with E-state index in [0.717, 1.165) is 17.1 Å². The minimum atomic E-state index is -0.764. The van der Waals surface area contributed by atoms with E-state index in [1.165, 1.54) is 4.90 Å². The molecule has 0 radical (unpaired) electrons. The Hall–Kier alpha value is -2.24. The summed E-state index contributed by atoms with van der Waals surface area (Å²) in [6, 6.07) is 12.9. The molecule has 5 nitrogen and oxygen atoms in total. The van der Waals surface area contributed by atoms with Gasteiger partial charge in [-0.2, -0.15) is 0 Å². The van der Waals surface area contributed by atoms with Gasteiger partial charge < -0.3 is 9.84 Å². The van der Waals surface area contributed by atoms with Gasteiger partial charge in [0.05, 0.1) is 25.1 Å². The Kier molecular flexibility index (Phi) is 4.18. The number of amides is 1. The third kappa shape index (κ3) is 2.73. The predicted molar refractivity (Wildman–Crippen MR) is 84.1 cm³/mol. The molecular formula is C17H18N2O3. The van der Waals surface area contributed by atoms with E-state index in [2.05, 4.69) is 0 Å². The molecule has 3 rings (SSSR count). The molecule has 0 saturated carbocycles. The van der Waals surface area contributed by atoms with Crippen LogP contribution in [0, 0.1) is 5.41 Å². The van der Waals surface area contributed by atoms with E-state index in [0.29, 0.717) is 18.6 Å². The molecule has 2 atom stereocenters. The Bertz CT molecular complexity index is 701. The fourth-order valence-electron chi connectivity index (χ4n) is 2.81. The number of aliphatic hydroxyl groups is 1. The van der Waals surface area contributed by atoms with Gasteiger partial charge in [-0.05, 0) is 29.3 Å². The van der Waals surface area contributed by atoms with Gasteiger partial charge in [-0.1, -0.05) is 30.3 Å². The normalized spacial score (nSPS) is 21.5. The van der Waals surface area contributed by atoms with Gasteiger partial charge >= 0.3 is 0 Å². The number of fused-ring (bicyclic) bond motifs is 1. The molecule has 1 saturated heterocycles. The second-order valence-corrected chi connectivity index (χ2v) is 5.40. The first-order valence-electron chi connectivity index (χ1n) is 7.28. The lowest BCUT2D eigenvalue weighted by Crippen LogP contribution is -2.50. The Morgan fingerprint density at radius 2 is 2.05 bits per heavy atom. The molecule has 1 fully saturated rings. The van der Waals surface area contributed by atoms with Crippen LogP contribution in [-0.2, 0) is 4.74 Å². The van der Waals surface area contributed by atoms with Gasteiger partial charge in [0.1, 0.15) is 0 Å². The van der Waals surface area contributed by atoms with E-state index in [-0.39, 0.29) is 12.5 Å². The fraction of sp³-hybridized carbons (Fsp3) is 0.294. The lowest BCUT2D eigenvalue weighted by molar-refractivity contribution is -0.0439. The molecule has 1 heterocycles. The summed E-state index contributed by atoms with van der Waals surface area (Å²) in [7, 11) is 0. The van der Waals surface area contributed by atoms with Gasteiger partial charge in [-0.3, -0.25) is 15.1 Å². The van der Waals surface area contributed by atoms with Crippen LogP contribution in [0.3, 0.4) is 0 Å². The Morgan fingerprint density at radius 1 is 1.27 bits per heavy atom. The third-order valence-electron chi connectivity index (χ3n) is 4.02. The largest absolute Gasteiger partial charge is 0.389 e. The van der Waals surface area contributed by atoms with E-state index in [9.17, 15) is 9.90 Å². The Balaban J connectivity index is 1.90. The van der Waals surface area contributed by atoms with Crippen LogP contribution in [0.15, 0.2) is 42.5 Å². The van der Waals surface area contributed by atoms with Crippen molar-refractivity contribution in [2.75, 3.05) is 13.2 Å². The van der Waals surface area contributed by atoms with Crippen molar-refractivity contribution in [3.63, 3.8) is 0 Å². The summed E-state index contributed by atoms with van der Waals surface area (Å²) in [5.41, 5.74) is 0.515. The van der Waals surface area contributed by atoms with Crippen LogP contribution in [-0.4, -0.2) is 47.6 Å². The molecule has 0 spiro atoms. The topological polar surface area (TPSA) is 73.6 Å². The first-order valence-corrected chi connectivity index (χ1v) is 7.28. The van der Waals surface area contributed by atoms with Crippen molar-refractivity contribution >= 4 is 23.0 Å². The number of nitrogens with zero attached hydrogens (tertiary/aromatic N) is 1. The third-order valence-corrected chi connectivity index (χ3v) is 4.02. The molecule has 2 aromatic rings. The van der Waals surface area contributed by atoms with Crippen molar-refractivity contribution in [1.29, 1.82) is 5.41 Å². The molecule has 1 amide bonds. The van der Waals surface area contributed by atoms with Crippen LogP contribution >= 0.6 is 0 Å². The van der Waals surface area contributed by atoms with Gasteiger partial charge in [-0.15, -0.1) is 0 Å². The number of aliphatic hydroxyl groups excluding tert-OH is 1. The average molecular weight is 298 g/mol. The van der Waals surface area contributed by atoms with E-state index in [1.807, 2.05) is 36.4 Å². The number of nitrogens with one attached hydrogen (secondary N) is 1. The van der Waals surface area contributed by atoms with E-state index < -0.39 is 12.1 Å². The second-order valence-electron chi connectivity index (χ2n) is 5.40. The van der Waals surface area contributed by atoms with Gasteiger partial charge in [0, 0.05) is 12.2 Å². The lowest BCUT2D eigenvalue weighted by atomic mass is 10.0. The van der Waals surface area contributed by atoms with Crippen molar-refractivity contribution in [2.24, 2.45) is 0 Å². The van der Waals surface area contributed by atoms with Gasteiger partial charge in [0.15, 0.2) is 0 Å². The highest BCUT2D eigenvalue weighted by molar-refractivity contribution is 6.03. The summed E-state index contributed by atoms with van der Waals surface area (Å²) in [5, 5.41) is 19.6. The second kappa shape index (κ2) is 6.25. The standard InChI is InChI=1S/C17H18N2O3/c18-11-19(15-7-8-22-10-16(15)20)17(21)14-6-5-12-3-1-2-4-13(12)9-14/h1-6,9,11,15-16,18,20H,7-8,10H2/t15-,16-/m0/s1. The van der Waals surface area contributed by atoms with Crippen molar-refractivity contribution < 1.29 is 14.6 Å². The highest BCUT2D eigenvalue weighted by Crippen LogP contribution is 2.20. The number of benzene rings is 2. The number of hydrogen-bond donors (Lipinski definition) is 2. The molecule has 2 N–H and O–H groups in total. The van der Waals surface area contributed by atoms with Crippen LogP contribution in [0.4, 0.5) is 0 Å². The van der Waals surface area contributed by atoms with Crippen LogP contribution in [0.5, 0.6) is 0 Å². The van der Waals surface area contributed by atoms with Gasteiger partial charge in [0.25, 0.3) is 5.91 Å². The van der Waals surface area contributed by atoms with Gasteiger partial charge in [0.2, 0.25) is 0 Å². The molecule has 0 aromatic heterocycles. The maximum absolute atomic E-state index is 12.7. The SMILES string of the molecule is N=CN(C(=O)c1ccc2ccccc2c1)[C@H]1CCOC[C@@H]1O. The number of carbonyl (C=O) groups is 1. The first-order chi connectivity index (χ1) is 10.7. The van der Waals surface area contributed by atoms with Crippen molar-refractivity contribution in [2.45, 2.75) is 18.6 Å². The molecule has 114 valence electrons. The number of hydrogen-bond acceptors (Lipinski definition) is 4. The molecule has 1 aliphatic heterocycles. The van der Waals surface area contributed by atoms with Crippen LogP contribution in [0.25, 0.3) is 10.8 Å². The van der Waals surface area contributed by atoms with Crippen LogP contribution in [0.1, 0.15) is 16.8 Å². The minimum Gasteiger partial charge on any atom is -0.389 e. The maximum atomic E-state index is 12.7. The monoisotopic (exact) mass is 298 g/mol. The maximum Gasteiger partial charge on any atom is 0.259 e. The minimum absolute atomic E-state index is 0.194. The molecule has 2 aromatic carbocycles. The van der Waals surface area contributed by atoms with Gasteiger partial charge in [-0.25, -0.2) is 0 Å². The molecular weight excluding hydrogens is 280 g/mol.